The van der Waals surface area contributed by atoms with Crippen molar-refractivity contribution in [3.05, 3.63) is 64.1 Å². The van der Waals surface area contributed by atoms with Gasteiger partial charge in [0.05, 0.1) is 37.8 Å². The number of amides is 1. The molecule has 164 valence electrons. The molecule has 10 heteroatoms. The number of benzene rings is 2. The third-order valence-corrected chi connectivity index (χ3v) is 6.27. The van der Waals surface area contributed by atoms with Gasteiger partial charge in [-0.3, -0.25) is 4.79 Å². The number of nitrogens with zero attached hydrogens (tertiary/aromatic N) is 3. The van der Waals surface area contributed by atoms with Gasteiger partial charge >= 0.3 is 0 Å². The molecule has 7 nitrogen and oxygen atoms in total. The molecule has 0 fully saturated rings. The lowest BCUT2D eigenvalue weighted by Gasteiger charge is -2.17. The third-order valence-electron chi connectivity index (χ3n) is 4.47. The van der Waals surface area contributed by atoms with E-state index in [0.717, 1.165) is 16.2 Å². The fourth-order valence-corrected chi connectivity index (χ4v) is 4.50. The average molecular weight is 472 g/mol. The average Bonchev–Trinajstić information content (AvgIpc) is 3.47. The highest BCUT2D eigenvalue weighted by Crippen LogP contribution is 2.39. The molecule has 4 rings (SSSR count). The first-order valence-electron chi connectivity index (χ1n) is 9.32. The number of ether oxygens (including phenoxy) is 3. The first-order chi connectivity index (χ1) is 15.5. The number of carbonyl (C=O) groups is 1. The first kappa shape index (κ1) is 21.7. The van der Waals surface area contributed by atoms with Gasteiger partial charge < -0.3 is 14.2 Å². The lowest BCUT2D eigenvalue weighted by molar-refractivity contribution is 0.0987. The molecule has 1 amide bonds. The van der Waals surface area contributed by atoms with Crippen LogP contribution in [0.3, 0.4) is 0 Å². The number of aromatic nitrogens is 1. The monoisotopic (exact) mass is 471 g/mol. The Hall–Kier alpha value is -3.50. The third kappa shape index (κ3) is 4.27. The van der Waals surface area contributed by atoms with Crippen LogP contribution in [0.2, 0.25) is 0 Å². The number of anilines is 1. The molecule has 4 aromatic rings. The largest absolute Gasteiger partial charge is 0.493 e. The van der Waals surface area contributed by atoms with Gasteiger partial charge in [0, 0.05) is 10.4 Å². The second-order valence-corrected chi connectivity index (χ2v) is 8.39. The predicted molar refractivity (Wildman–Crippen MR) is 124 cm³/mol. The smallest absolute Gasteiger partial charge is 0.281 e. The normalized spacial score (nSPS) is 11.1. The predicted octanol–water partition coefficient (Wildman–Crippen LogP) is 5.20. The minimum atomic E-state index is -0.461. The van der Waals surface area contributed by atoms with Crippen LogP contribution in [0.5, 0.6) is 17.2 Å². The van der Waals surface area contributed by atoms with Crippen molar-refractivity contribution < 1.29 is 23.4 Å². The van der Waals surface area contributed by atoms with Gasteiger partial charge in [0.15, 0.2) is 11.5 Å². The number of thiazole rings is 1. The van der Waals surface area contributed by atoms with E-state index in [0.29, 0.717) is 32.6 Å². The number of carbonyl (C=O) groups excluding carboxylic acids is 1. The molecule has 2 aromatic carbocycles. The second kappa shape index (κ2) is 9.33. The zero-order chi connectivity index (χ0) is 22.7. The zero-order valence-corrected chi connectivity index (χ0v) is 19.0. The maximum absolute atomic E-state index is 13.7. The lowest BCUT2D eigenvalue weighted by Crippen LogP contribution is -2.25. The molecule has 0 aliphatic heterocycles. The van der Waals surface area contributed by atoms with Crippen LogP contribution in [0.1, 0.15) is 15.2 Å². The number of hydrazone groups is 1. The van der Waals surface area contributed by atoms with E-state index in [4.69, 9.17) is 14.2 Å². The van der Waals surface area contributed by atoms with Gasteiger partial charge in [0.2, 0.25) is 10.9 Å². The van der Waals surface area contributed by atoms with Crippen LogP contribution >= 0.6 is 22.7 Å². The van der Waals surface area contributed by atoms with Gasteiger partial charge in [-0.1, -0.05) is 17.4 Å². The minimum Gasteiger partial charge on any atom is -0.493 e. The maximum atomic E-state index is 13.7. The molecule has 0 bridgehead atoms. The van der Waals surface area contributed by atoms with Crippen molar-refractivity contribution in [3.63, 3.8) is 0 Å². The summed E-state index contributed by atoms with van der Waals surface area (Å²) in [4.78, 5) is 18.9. The summed E-state index contributed by atoms with van der Waals surface area (Å²) < 4.78 is 30.4. The van der Waals surface area contributed by atoms with Gasteiger partial charge in [-0.05, 0) is 41.8 Å². The fourth-order valence-electron chi connectivity index (χ4n) is 2.97. The highest BCUT2D eigenvalue weighted by molar-refractivity contribution is 7.22. The maximum Gasteiger partial charge on any atom is 0.281 e. The van der Waals surface area contributed by atoms with E-state index in [9.17, 15) is 9.18 Å². The van der Waals surface area contributed by atoms with Crippen molar-refractivity contribution in [1.82, 2.24) is 4.98 Å². The van der Waals surface area contributed by atoms with Crippen molar-refractivity contribution in [3.8, 4) is 17.2 Å². The standard InChI is InChI=1S/C22H18FN3O4S2/c1-28-17-9-13(10-18(29-2)20(17)30-3)21(27)26(24-12-15-5-4-8-31-15)22-25-16-7-6-14(23)11-19(16)32-22/h4-12H,1-3H3/b24-12+. The molecule has 0 spiro atoms. The fraction of sp³-hybridized carbons (Fsp3) is 0.136. The van der Waals surface area contributed by atoms with E-state index in [2.05, 4.69) is 10.1 Å². The molecule has 0 atom stereocenters. The van der Waals surface area contributed by atoms with Crippen LogP contribution in [0.4, 0.5) is 9.52 Å². The molecule has 0 radical (unpaired) electrons. The number of fused-ring (bicyclic) bond motifs is 1. The summed E-state index contributed by atoms with van der Waals surface area (Å²) in [7, 11) is 4.43. The van der Waals surface area contributed by atoms with Crippen LogP contribution in [0, 0.1) is 5.82 Å². The van der Waals surface area contributed by atoms with Gasteiger partial charge in [0.1, 0.15) is 5.82 Å². The van der Waals surface area contributed by atoms with Crippen molar-refractivity contribution in [2.45, 2.75) is 0 Å². The van der Waals surface area contributed by atoms with E-state index in [1.807, 2.05) is 17.5 Å². The SMILES string of the molecule is COc1cc(C(=O)N(/N=C/c2cccs2)c2nc3ccc(F)cc3s2)cc(OC)c1OC. The highest BCUT2D eigenvalue weighted by Gasteiger charge is 2.24. The Morgan fingerprint density at radius 1 is 1.09 bits per heavy atom. The van der Waals surface area contributed by atoms with E-state index >= 15 is 0 Å². The Bertz CT molecular complexity index is 1260. The molecule has 0 aliphatic carbocycles. The molecule has 0 N–H and O–H groups in total. The van der Waals surface area contributed by atoms with Crippen molar-refractivity contribution in [2.24, 2.45) is 5.10 Å². The molecular weight excluding hydrogens is 453 g/mol. The zero-order valence-electron chi connectivity index (χ0n) is 17.4. The molecule has 0 aliphatic rings. The Balaban J connectivity index is 1.81. The number of methoxy groups -OCH3 is 3. The van der Waals surface area contributed by atoms with Crippen LogP contribution in [-0.4, -0.2) is 38.4 Å². The van der Waals surface area contributed by atoms with Crippen molar-refractivity contribution in [2.75, 3.05) is 26.3 Å². The molecule has 0 unspecified atom stereocenters. The quantitative estimate of drug-likeness (QED) is 0.274. The summed E-state index contributed by atoms with van der Waals surface area (Å²) in [5.41, 5.74) is 0.827. The van der Waals surface area contributed by atoms with Gasteiger partial charge in [-0.2, -0.15) is 10.1 Å². The van der Waals surface area contributed by atoms with E-state index in [1.165, 1.54) is 49.8 Å². The number of thiophene rings is 1. The molecule has 2 aromatic heterocycles. The lowest BCUT2D eigenvalue weighted by atomic mass is 10.1. The first-order valence-corrected chi connectivity index (χ1v) is 11.0. The number of hydrogen-bond acceptors (Lipinski definition) is 8. The van der Waals surface area contributed by atoms with E-state index in [1.54, 1.807) is 24.4 Å². The molecule has 0 saturated carbocycles. The Morgan fingerprint density at radius 3 is 2.47 bits per heavy atom. The molecule has 0 saturated heterocycles. The van der Waals surface area contributed by atoms with E-state index in [-0.39, 0.29) is 11.4 Å². The highest BCUT2D eigenvalue weighted by atomic mass is 32.1. The van der Waals surface area contributed by atoms with Crippen molar-refractivity contribution >= 4 is 50.1 Å². The van der Waals surface area contributed by atoms with Crippen LogP contribution in [-0.2, 0) is 0 Å². The summed E-state index contributed by atoms with van der Waals surface area (Å²) in [6.07, 6.45) is 1.58. The summed E-state index contributed by atoms with van der Waals surface area (Å²) in [5.74, 6) is 0.206. The van der Waals surface area contributed by atoms with Crippen molar-refractivity contribution in [1.29, 1.82) is 0 Å². The summed E-state index contributed by atoms with van der Waals surface area (Å²) in [6.45, 7) is 0. The number of hydrogen-bond donors (Lipinski definition) is 0. The number of halogens is 1. The molecule has 32 heavy (non-hydrogen) atoms. The Kier molecular flexibility index (Phi) is 6.33. The summed E-state index contributed by atoms with van der Waals surface area (Å²) >= 11 is 2.65. The van der Waals surface area contributed by atoms with Crippen LogP contribution in [0.15, 0.2) is 52.9 Å². The number of rotatable bonds is 7. The molecular formula is C22H18FN3O4S2. The summed E-state index contributed by atoms with van der Waals surface area (Å²) in [6, 6.07) is 11.1. The Morgan fingerprint density at radius 2 is 1.84 bits per heavy atom. The second-order valence-electron chi connectivity index (χ2n) is 6.40. The van der Waals surface area contributed by atoms with Gasteiger partial charge in [-0.15, -0.1) is 11.3 Å². The Labute approximate surface area is 191 Å². The molecule has 2 heterocycles. The van der Waals surface area contributed by atoms with Crippen LogP contribution < -0.4 is 19.2 Å². The van der Waals surface area contributed by atoms with Crippen LogP contribution in [0.25, 0.3) is 10.2 Å². The summed E-state index contributed by atoms with van der Waals surface area (Å²) in [5, 5.41) is 7.79. The van der Waals surface area contributed by atoms with Gasteiger partial charge in [-0.25, -0.2) is 9.37 Å². The van der Waals surface area contributed by atoms with Gasteiger partial charge in [0.25, 0.3) is 5.91 Å². The minimum absolute atomic E-state index is 0.258. The topological polar surface area (TPSA) is 73.2 Å². The van der Waals surface area contributed by atoms with E-state index < -0.39 is 5.91 Å².